The Morgan fingerprint density at radius 3 is 2.44 bits per heavy atom. The van der Waals surface area contributed by atoms with Crippen molar-refractivity contribution in [1.82, 2.24) is 4.31 Å². The third-order valence-electron chi connectivity index (χ3n) is 4.26. The lowest BCUT2D eigenvalue weighted by Gasteiger charge is -2.25. The zero-order valence-corrected chi connectivity index (χ0v) is 15.2. The number of nitrogens with zero attached hydrogens (tertiary/aromatic N) is 2. The van der Waals surface area contributed by atoms with Crippen molar-refractivity contribution in [2.45, 2.75) is 24.2 Å². The first-order valence-corrected chi connectivity index (χ1v) is 9.89. The van der Waals surface area contributed by atoms with Gasteiger partial charge >= 0.3 is 5.97 Å². The monoisotopic (exact) mass is 390 g/mol. The summed E-state index contributed by atoms with van der Waals surface area (Å²) in [5.41, 5.74) is -0.152. The van der Waals surface area contributed by atoms with Crippen molar-refractivity contribution >= 4 is 21.7 Å². The highest BCUT2D eigenvalue weighted by Crippen LogP contribution is 2.23. The molecule has 1 saturated heterocycles. The number of piperidine rings is 1. The molecule has 0 unspecified atom stereocenters. The number of benzene rings is 2. The average Bonchev–Trinajstić information content (AvgIpc) is 2.69. The van der Waals surface area contributed by atoms with Crippen molar-refractivity contribution in [1.29, 1.82) is 0 Å². The van der Waals surface area contributed by atoms with E-state index in [2.05, 4.69) is 0 Å². The SMILES string of the molecule is O=C(Oc1cccc([N+](=O)[O-])c1)c1cccc(S(=O)(=O)N2CCCCC2)c1. The number of carbonyl (C=O) groups is 1. The van der Waals surface area contributed by atoms with Crippen molar-refractivity contribution < 1.29 is 22.9 Å². The summed E-state index contributed by atoms with van der Waals surface area (Å²) in [6.45, 7) is 0.926. The van der Waals surface area contributed by atoms with Crippen LogP contribution in [-0.4, -0.2) is 36.7 Å². The van der Waals surface area contributed by atoms with Crippen LogP contribution in [0.3, 0.4) is 0 Å². The van der Waals surface area contributed by atoms with Crippen LogP contribution >= 0.6 is 0 Å². The van der Waals surface area contributed by atoms with Gasteiger partial charge in [0.2, 0.25) is 10.0 Å². The van der Waals surface area contributed by atoms with E-state index in [-0.39, 0.29) is 21.9 Å². The van der Waals surface area contributed by atoms with Crippen molar-refractivity contribution in [2.75, 3.05) is 13.1 Å². The first-order chi connectivity index (χ1) is 12.9. The number of hydrogen-bond donors (Lipinski definition) is 0. The third-order valence-corrected chi connectivity index (χ3v) is 6.16. The summed E-state index contributed by atoms with van der Waals surface area (Å²) < 4.78 is 32.0. The van der Waals surface area contributed by atoms with Gasteiger partial charge in [0.1, 0.15) is 5.75 Å². The summed E-state index contributed by atoms with van der Waals surface area (Å²) >= 11 is 0. The van der Waals surface area contributed by atoms with Gasteiger partial charge in [0.25, 0.3) is 5.69 Å². The standard InChI is InChI=1S/C18H18N2O6S/c21-18(26-16-8-5-7-15(13-16)20(22)23)14-6-4-9-17(12-14)27(24,25)19-10-2-1-3-11-19/h4-9,12-13H,1-3,10-11H2. The summed E-state index contributed by atoms with van der Waals surface area (Å²) in [4.78, 5) is 22.6. The molecule has 0 spiro atoms. The van der Waals surface area contributed by atoms with Crippen molar-refractivity contribution in [3.8, 4) is 5.75 Å². The average molecular weight is 390 g/mol. The van der Waals surface area contributed by atoms with Crippen LogP contribution in [0.4, 0.5) is 5.69 Å². The Balaban J connectivity index is 1.81. The minimum atomic E-state index is -3.67. The van der Waals surface area contributed by atoms with Gasteiger partial charge in [-0.3, -0.25) is 10.1 Å². The molecule has 2 aromatic rings. The Bertz CT molecular complexity index is 967. The van der Waals surface area contributed by atoms with E-state index in [1.54, 1.807) is 0 Å². The lowest BCUT2D eigenvalue weighted by atomic mass is 10.2. The van der Waals surface area contributed by atoms with Gasteiger partial charge in [-0.15, -0.1) is 0 Å². The molecular formula is C18H18N2O6S. The Hall–Kier alpha value is -2.78. The van der Waals surface area contributed by atoms with Gasteiger partial charge in [0.15, 0.2) is 0 Å². The van der Waals surface area contributed by atoms with Crippen LogP contribution in [0, 0.1) is 10.1 Å². The predicted molar refractivity (Wildman–Crippen MR) is 97.1 cm³/mol. The van der Waals surface area contributed by atoms with E-state index < -0.39 is 20.9 Å². The molecule has 142 valence electrons. The molecule has 0 amide bonds. The first kappa shape index (κ1) is 19.0. The van der Waals surface area contributed by atoms with Crippen molar-refractivity contribution in [3.63, 3.8) is 0 Å². The van der Waals surface area contributed by atoms with Crippen LogP contribution in [0.5, 0.6) is 5.75 Å². The van der Waals surface area contributed by atoms with Gasteiger partial charge < -0.3 is 4.74 Å². The fourth-order valence-electron chi connectivity index (χ4n) is 2.86. The van der Waals surface area contributed by atoms with Crippen LogP contribution in [-0.2, 0) is 10.0 Å². The fraction of sp³-hybridized carbons (Fsp3) is 0.278. The van der Waals surface area contributed by atoms with Gasteiger partial charge in [0.05, 0.1) is 21.4 Å². The maximum absolute atomic E-state index is 12.7. The molecule has 0 radical (unpaired) electrons. The number of non-ortho nitro benzene ring substituents is 1. The summed E-state index contributed by atoms with van der Waals surface area (Å²) in [7, 11) is -3.67. The van der Waals surface area contributed by atoms with Crippen LogP contribution in [0.25, 0.3) is 0 Å². The van der Waals surface area contributed by atoms with E-state index in [1.807, 2.05) is 0 Å². The summed E-state index contributed by atoms with van der Waals surface area (Å²) in [6, 6.07) is 10.8. The van der Waals surface area contributed by atoms with E-state index in [0.717, 1.165) is 25.3 Å². The summed E-state index contributed by atoms with van der Waals surface area (Å²) in [5, 5.41) is 10.8. The van der Waals surface area contributed by atoms with Crippen LogP contribution < -0.4 is 4.74 Å². The number of sulfonamides is 1. The number of nitro groups is 1. The number of ether oxygens (including phenoxy) is 1. The molecule has 0 saturated carbocycles. The molecule has 0 atom stereocenters. The van der Waals surface area contributed by atoms with Crippen LogP contribution in [0.15, 0.2) is 53.4 Å². The highest BCUT2D eigenvalue weighted by Gasteiger charge is 2.26. The van der Waals surface area contributed by atoms with E-state index in [1.165, 1.54) is 46.8 Å². The van der Waals surface area contributed by atoms with Gasteiger partial charge in [0, 0.05) is 19.2 Å². The molecule has 1 aliphatic heterocycles. The largest absolute Gasteiger partial charge is 0.423 e. The smallest absolute Gasteiger partial charge is 0.343 e. The summed E-state index contributed by atoms with van der Waals surface area (Å²) in [5.74, 6) is -0.773. The summed E-state index contributed by atoms with van der Waals surface area (Å²) in [6.07, 6.45) is 2.63. The molecule has 8 nitrogen and oxygen atoms in total. The minimum absolute atomic E-state index is 0.0125. The quantitative estimate of drug-likeness (QED) is 0.336. The molecule has 0 aromatic heterocycles. The maximum Gasteiger partial charge on any atom is 0.343 e. The normalized spacial score (nSPS) is 15.3. The molecule has 9 heteroatoms. The van der Waals surface area contributed by atoms with E-state index >= 15 is 0 Å². The molecule has 27 heavy (non-hydrogen) atoms. The molecule has 1 heterocycles. The topological polar surface area (TPSA) is 107 Å². The van der Waals surface area contributed by atoms with Gasteiger partial charge in [-0.1, -0.05) is 18.6 Å². The highest BCUT2D eigenvalue weighted by molar-refractivity contribution is 7.89. The molecule has 1 fully saturated rings. The molecule has 0 N–H and O–H groups in total. The molecule has 3 rings (SSSR count). The van der Waals surface area contributed by atoms with E-state index in [4.69, 9.17) is 4.74 Å². The molecular weight excluding hydrogens is 372 g/mol. The zero-order chi connectivity index (χ0) is 19.4. The number of carbonyl (C=O) groups excluding carboxylic acids is 1. The van der Waals surface area contributed by atoms with Gasteiger partial charge in [-0.25, -0.2) is 13.2 Å². The second kappa shape index (κ2) is 7.85. The van der Waals surface area contributed by atoms with E-state index in [9.17, 15) is 23.3 Å². The molecule has 0 aliphatic carbocycles. The maximum atomic E-state index is 12.7. The second-order valence-electron chi connectivity index (χ2n) is 6.14. The minimum Gasteiger partial charge on any atom is -0.423 e. The second-order valence-corrected chi connectivity index (χ2v) is 8.07. The Morgan fingerprint density at radius 2 is 1.74 bits per heavy atom. The number of hydrogen-bond acceptors (Lipinski definition) is 6. The van der Waals surface area contributed by atoms with E-state index in [0.29, 0.717) is 13.1 Å². The number of rotatable bonds is 5. The van der Waals surface area contributed by atoms with Gasteiger partial charge in [-0.2, -0.15) is 4.31 Å². The number of esters is 1. The Morgan fingerprint density at radius 1 is 1.04 bits per heavy atom. The lowest BCUT2D eigenvalue weighted by Crippen LogP contribution is -2.35. The molecule has 1 aliphatic rings. The molecule has 0 bridgehead atoms. The zero-order valence-electron chi connectivity index (χ0n) is 14.4. The highest BCUT2D eigenvalue weighted by atomic mass is 32.2. The predicted octanol–water partition coefficient (Wildman–Crippen LogP) is 2.99. The Kier molecular flexibility index (Phi) is 5.52. The van der Waals surface area contributed by atoms with Gasteiger partial charge in [-0.05, 0) is 37.1 Å². The number of nitro benzene ring substituents is 1. The third kappa shape index (κ3) is 4.32. The fourth-order valence-corrected chi connectivity index (χ4v) is 4.43. The van der Waals surface area contributed by atoms with Crippen molar-refractivity contribution in [2.24, 2.45) is 0 Å². The van der Waals surface area contributed by atoms with Crippen LogP contribution in [0.2, 0.25) is 0 Å². The van der Waals surface area contributed by atoms with Crippen LogP contribution in [0.1, 0.15) is 29.6 Å². The lowest BCUT2D eigenvalue weighted by molar-refractivity contribution is -0.384. The van der Waals surface area contributed by atoms with Crippen molar-refractivity contribution in [3.05, 3.63) is 64.2 Å². The first-order valence-electron chi connectivity index (χ1n) is 8.45. The molecule has 2 aromatic carbocycles. The Labute approximate surface area is 156 Å².